The highest BCUT2D eigenvalue weighted by Crippen LogP contribution is 2.35. The molecule has 0 amide bonds. The fourth-order valence-corrected chi connectivity index (χ4v) is 4.72. The lowest BCUT2D eigenvalue weighted by molar-refractivity contribution is 0.109. The number of benzene rings is 1. The molecule has 2 aromatic rings. The molecule has 7 nitrogen and oxygen atoms in total. The van der Waals surface area contributed by atoms with Crippen molar-refractivity contribution < 1.29 is 13.2 Å². The normalized spacial score (nSPS) is 20.5. The number of nitrogens with zero attached hydrogens (tertiary/aromatic N) is 3. The zero-order chi connectivity index (χ0) is 21.2. The molecule has 1 aliphatic rings. The molecule has 2 heterocycles. The van der Waals surface area contributed by atoms with Gasteiger partial charge in [0.2, 0.25) is 5.95 Å². The summed E-state index contributed by atoms with van der Waals surface area (Å²) in [5.41, 5.74) is 8.23. The van der Waals surface area contributed by atoms with Gasteiger partial charge >= 0.3 is 0 Å². The summed E-state index contributed by atoms with van der Waals surface area (Å²) in [4.78, 5) is 10.8. The molecule has 1 saturated heterocycles. The molecule has 3 rings (SSSR count). The molecule has 1 fully saturated rings. The third-order valence-corrected chi connectivity index (χ3v) is 6.23. The highest BCUT2D eigenvalue weighted by Gasteiger charge is 2.30. The van der Waals surface area contributed by atoms with Gasteiger partial charge in [0.05, 0.1) is 25.0 Å². The topological polar surface area (TPSA) is 98.4 Å². The minimum Gasteiger partial charge on any atom is -0.379 e. The Bertz CT molecular complexity index is 963. The molecule has 158 valence electrons. The Labute approximate surface area is 177 Å². The first-order chi connectivity index (χ1) is 13.7. The number of ether oxygens (including phenoxy) is 1. The Kier molecular flexibility index (Phi) is 6.65. The van der Waals surface area contributed by atoms with Gasteiger partial charge in [-0.2, -0.15) is 4.98 Å². The number of nitrogens with two attached hydrogens (primary N) is 1. The van der Waals surface area contributed by atoms with Crippen molar-refractivity contribution in [1.29, 1.82) is 0 Å². The van der Waals surface area contributed by atoms with E-state index in [0.717, 1.165) is 30.0 Å². The van der Waals surface area contributed by atoms with Gasteiger partial charge in [-0.25, -0.2) is 13.4 Å². The summed E-state index contributed by atoms with van der Waals surface area (Å²) in [6, 6.07) is 7.15. The van der Waals surface area contributed by atoms with Crippen molar-refractivity contribution >= 4 is 33.2 Å². The average molecular weight is 439 g/mol. The van der Waals surface area contributed by atoms with Gasteiger partial charge in [0, 0.05) is 29.6 Å². The third kappa shape index (κ3) is 5.58. The van der Waals surface area contributed by atoms with Gasteiger partial charge in [0.1, 0.15) is 5.82 Å². The Morgan fingerprint density at radius 1 is 1.28 bits per heavy atom. The van der Waals surface area contributed by atoms with Crippen LogP contribution in [0.5, 0.6) is 0 Å². The molecule has 2 atom stereocenters. The second-order valence-corrected chi connectivity index (χ2v) is 10.2. The second kappa shape index (κ2) is 8.85. The number of hydrogen-bond acceptors (Lipinski definition) is 7. The van der Waals surface area contributed by atoms with Crippen LogP contribution >= 0.6 is 11.6 Å². The van der Waals surface area contributed by atoms with Crippen LogP contribution in [0.3, 0.4) is 0 Å². The molecular weight excluding hydrogens is 412 g/mol. The van der Waals surface area contributed by atoms with Crippen LogP contribution in [0.25, 0.3) is 0 Å². The summed E-state index contributed by atoms with van der Waals surface area (Å²) in [5, 5.41) is 0.512. The van der Waals surface area contributed by atoms with E-state index in [4.69, 9.17) is 22.1 Å². The fourth-order valence-electron chi connectivity index (χ4n) is 3.61. The molecule has 0 unspecified atom stereocenters. The molecule has 9 heteroatoms. The summed E-state index contributed by atoms with van der Waals surface area (Å²) in [6.07, 6.45) is 2.19. The number of aryl methyl sites for hydroxylation is 1. The van der Waals surface area contributed by atoms with Crippen molar-refractivity contribution in [3.63, 3.8) is 0 Å². The highest BCUT2D eigenvalue weighted by molar-refractivity contribution is 7.89. The molecule has 29 heavy (non-hydrogen) atoms. The predicted molar refractivity (Wildman–Crippen MR) is 116 cm³/mol. The van der Waals surface area contributed by atoms with Crippen molar-refractivity contribution in [2.24, 2.45) is 5.92 Å². The lowest BCUT2D eigenvalue weighted by Gasteiger charge is -2.33. The molecule has 1 aromatic heterocycles. The smallest absolute Gasteiger partial charge is 0.222 e. The van der Waals surface area contributed by atoms with Gasteiger partial charge in [0.15, 0.2) is 9.84 Å². The maximum Gasteiger partial charge on any atom is 0.222 e. The largest absolute Gasteiger partial charge is 0.379 e. The van der Waals surface area contributed by atoms with E-state index in [1.807, 2.05) is 25.1 Å². The molecule has 0 aliphatic carbocycles. The quantitative estimate of drug-likeness (QED) is 0.765. The van der Waals surface area contributed by atoms with Crippen LogP contribution in [0.1, 0.15) is 36.2 Å². The van der Waals surface area contributed by atoms with E-state index in [0.29, 0.717) is 29.7 Å². The number of aromatic nitrogens is 2. The van der Waals surface area contributed by atoms with E-state index in [9.17, 15) is 8.42 Å². The summed E-state index contributed by atoms with van der Waals surface area (Å²) >= 11 is 6.60. The van der Waals surface area contributed by atoms with Crippen molar-refractivity contribution in [2.45, 2.75) is 32.1 Å². The Hall–Kier alpha value is -1.90. The monoisotopic (exact) mass is 438 g/mol. The standard InChI is InChI=1S/C20H27ClN4O3S/c1-4-14-9-25(19-7-13(2)23-20(22)24-19)18(11-28-10-14)16-6-5-15(8-17(16)21)12-29(3,26)27/h5-8,14,18H,4,9-12H2,1-3H3,(H2,22,23,24)/t14-,18+/m1/s1. The van der Waals surface area contributed by atoms with Crippen LogP contribution in [0.4, 0.5) is 11.8 Å². The first-order valence-electron chi connectivity index (χ1n) is 9.58. The van der Waals surface area contributed by atoms with Crippen molar-refractivity contribution in [1.82, 2.24) is 9.97 Å². The number of halogens is 1. The second-order valence-electron chi connectivity index (χ2n) is 7.63. The first-order valence-corrected chi connectivity index (χ1v) is 12.0. The fraction of sp³-hybridized carbons (Fsp3) is 0.500. The minimum atomic E-state index is -3.14. The van der Waals surface area contributed by atoms with Crippen LogP contribution in [0, 0.1) is 12.8 Å². The molecule has 0 bridgehead atoms. The zero-order valence-corrected chi connectivity index (χ0v) is 18.5. The number of nitrogen functional groups attached to an aromatic ring is 1. The van der Waals surface area contributed by atoms with E-state index >= 15 is 0 Å². The van der Waals surface area contributed by atoms with Crippen molar-refractivity contribution in [3.05, 3.63) is 46.1 Å². The summed E-state index contributed by atoms with van der Waals surface area (Å²) < 4.78 is 29.2. The predicted octanol–water partition coefficient (Wildman–Crippen LogP) is 3.17. The summed E-state index contributed by atoms with van der Waals surface area (Å²) in [5.74, 6) is 1.27. The number of rotatable bonds is 5. The van der Waals surface area contributed by atoms with Gasteiger partial charge in [-0.3, -0.25) is 0 Å². The van der Waals surface area contributed by atoms with Crippen LogP contribution < -0.4 is 10.6 Å². The molecule has 1 aromatic carbocycles. The molecular formula is C20H27ClN4O3S. The Morgan fingerprint density at radius 2 is 2.03 bits per heavy atom. The van der Waals surface area contributed by atoms with E-state index in [-0.39, 0.29) is 17.7 Å². The summed E-state index contributed by atoms with van der Waals surface area (Å²) in [6.45, 7) is 5.88. The van der Waals surface area contributed by atoms with Gasteiger partial charge < -0.3 is 15.4 Å². The van der Waals surface area contributed by atoms with E-state index < -0.39 is 9.84 Å². The number of hydrogen-bond donors (Lipinski definition) is 1. The van der Waals surface area contributed by atoms with Gasteiger partial charge in [-0.1, -0.05) is 30.7 Å². The average Bonchev–Trinajstić information content (AvgIpc) is 2.82. The minimum absolute atomic E-state index is 0.0442. The van der Waals surface area contributed by atoms with E-state index in [1.54, 1.807) is 6.07 Å². The van der Waals surface area contributed by atoms with Gasteiger partial charge in [-0.15, -0.1) is 0 Å². The SMILES string of the molecule is CC[C@H]1COC[C@@H](c2ccc(CS(C)(=O)=O)cc2Cl)N(c2cc(C)nc(N)n2)C1. The maximum absolute atomic E-state index is 11.6. The Balaban J connectivity index is 2.02. The third-order valence-electron chi connectivity index (χ3n) is 5.04. The first kappa shape index (κ1) is 21.8. The van der Waals surface area contributed by atoms with Crippen molar-refractivity contribution in [3.8, 4) is 0 Å². The lowest BCUT2D eigenvalue weighted by Crippen LogP contribution is -2.34. The zero-order valence-electron chi connectivity index (χ0n) is 16.9. The van der Waals surface area contributed by atoms with Gasteiger partial charge in [-0.05, 0) is 36.5 Å². The van der Waals surface area contributed by atoms with Crippen molar-refractivity contribution in [2.75, 3.05) is 36.6 Å². The number of anilines is 2. The van der Waals surface area contributed by atoms with Crippen LogP contribution in [0.15, 0.2) is 24.3 Å². The van der Waals surface area contributed by atoms with E-state index in [1.165, 1.54) is 6.26 Å². The molecule has 0 saturated carbocycles. The number of sulfone groups is 1. The Morgan fingerprint density at radius 3 is 2.66 bits per heavy atom. The maximum atomic E-state index is 11.6. The molecule has 0 radical (unpaired) electrons. The van der Waals surface area contributed by atoms with Crippen LogP contribution in [-0.4, -0.2) is 44.4 Å². The molecule has 2 N–H and O–H groups in total. The van der Waals surface area contributed by atoms with Crippen LogP contribution in [-0.2, 0) is 20.3 Å². The highest BCUT2D eigenvalue weighted by atomic mass is 35.5. The molecule has 0 spiro atoms. The van der Waals surface area contributed by atoms with Crippen LogP contribution in [0.2, 0.25) is 5.02 Å². The lowest BCUT2D eigenvalue weighted by atomic mass is 10.0. The van der Waals surface area contributed by atoms with E-state index in [2.05, 4.69) is 21.8 Å². The molecule has 1 aliphatic heterocycles. The van der Waals surface area contributed by atoms with Gasteiger partial charge in [0.25, 0.3) is 0 Å². The summed E-state index contributed by atoms with van der Waals surface area (Å²) in [7, 11) is -3.14.